The summed E-state index contributed by atoms with van der Waals surface area (Å²) in [4.78, 5) is 19.0. The fourth-order valence-corrected chi connectivity index (χ4v) is 3.22. The third-order valence-electron chi connectivity index (χ3n) is 4.48. The van der Waals surface area contributed by atoms with Crippen LogP contribution in [0.2, 0.25) is 0 Å². The molecule has 0 saturated carbocycles. The zero-order valence-corrected chi connectivity index (χ0v) is 13.6. The van der Waals surface area contributed by atoms with Crippen LogP contribution >= 0.6 is 0 Å². The van der Waals surface area contributed by atoms with E-state index >= 15 is 0 Å². The number of carbonyl (C=O) groups is 1. The molecule has 1 aliphatic heterocycles. The molecule has 3 aromatic rings. The molecule has 2 heterocycles. The maximum atomic E-state index is 14.0. The van der Waals surface area contributed by atoms with E-state index in [2.05, 4.69) is 4.98 Å². The highest BCUT2D eigenvalue weighted by Crippen LogP contribution is 2.26. The van der Waals surface area contributed by atoms with Gasteiger partial charge in [-0.1, -0.05) is 30.3 Å². The second kappa shape index (κ2) is 6.61. The molecule has 0 bridgehead atoms. The van der Waals surface area contributed by atoms with Gasteiger partial charge in [-0.2, -0.15) is 0 Å². The Morgan fingerprint density at radius 1 is 1.12 bits per heavy atom. The number of rotatable bonds is 2. The fourth-order valence-electron chi connectivity index (χ4n) is 3.22. The van der Waals surface area contributed by atoms with E-state index in [9.17, 15) is 9.18 Å². The fraction of sp³-hybridized carbons (Fsp3) is 0.200. The topological polar surface area (TPSA) is 42.4 Å². The van der Waals surface area contributed by atoms with E-state index in [-0.39, 0.29) is 11.7 Å². The van der Waals surface area contributed by atoms with Gasteiger partial charge in [-0.05, 0) is 24.3 Å². The molecule has 0 unspecified atom stereocenters. The third-order valence-corrected chi connectivity index (χ3v) is 4.48. The number of benzene rings is 2. The van der Waals surface area contributed by atoms with Gasteiger partial charge in [0.1, 0.15) is 11.9 Å². The van der Waals surface area contributed by atoms with Gasteiger partial charge >= 0.3 is 0 Å². The van der Waals surface area contributed by atoms with Gasteiger partial charge in [0.2, 0.25) is 0 Å². The van der Waals surface area contributed by atoms with Crippen LogP contribution in [0.5, 0.6) is 0 Å². The molecule has 1 fully saturated rings. The Hall–Kier alpha value is -2.79. The SMILES string of the molecule is O=C(c1cccc2ncccc12)N1CCO[C@H](c2ccccc2F)C1. The second-order valence-electron chi connectivity index (χ2n) is 6.01. The van der Waals surface area contributed by atoms with Crippen LogP contribution in [0.25, 0.3) is 10.9 Å². The van der Waals surface area contributed by atoms with Crippen LogP contribution in [-0.2, 0) is 4.74 Å². The van der Waals surface area contributed by atoms with Crippen LogP contribution < -0.4 is 0 Å². The Morgan fingerprint density at radius 3 is 2.88 bits per heavy atom. The summed E-state index contributed by atoms with van der Waals surface area (Å²) in [6.45, 7) is 1.20. The van der Waals surface area contributed by atoms with Crippen molar-refractivity contribution in [3.05, 3.63) is 77.7 Å². The summed E-state index contributed by atoms with van der Waals surface area (Å²) in [5.41, 5.74) is 1.88. The lowest BCUT2D eigenvalue weighted by Crippen LogP contribution is -2.42. The summed E-state index contributed by atoms with van der Waals surface area (Å²) < 4.78 is 19.7. The maximum Gasteiger partial charge on any atom is 0.254 e. The van der Waals surface area contributed by atoms with E-state index in [1.54, 1.807) is 35.4 Å². The van der Waals surface area contributed by atoms with Gasteiger partial charge in [0, 0.05) is 29.3 Å². The first kappa shape index (κ1) is 15.7. The molecule has 126 valence electrons. The number of amides is 1. The first-order chi connectivity index (χ1) is 12.2. The first-order valence-electron chi connectivity index (χ1n) is 8.23. The summed E-state index contributed by atoms with van der Waals surface area (Å²) in [7, 11) is 0. The van der Waals surface area contributed by atoms with Gasteiger partial charge in [0.15, 0.2) is 0 Å². The molecule has 0 radical (unpaired) electrons. The van der Waals surface area contributed by atoms with Crippen molar-refractivity contribution in [2.75, 3.05) is 19.7 Å². The predicted molar refractivity (Wildman–Crippen MR) is 92.7 cm³/mol. The van der Waals surface area contributed by atoms with E-state index < -0.39 is 6.10 Å². The molecule has 25 heavy (non-hydrogen) atoms. The molecular weight excluding hydrogens is 319 g/mol. The number of hydrogen-bond acceptors (Lipinski definition) is 3. The number of fused-ring (bicyclic) bond motifs is 1. The normalized spacial score (nSPS) is 17.6. The summed E-state index contributed by atoms with van der Waals surface area (Å²) in [5.74, 6) is -0.389. The van der Waals surface area contributed by atoms with Gasteiger partial charge < -0.3 is 9.64 Å². The summed E-state index contributed by atoms with van der Waals surface area (Å²) >= 11 is 0. The molecule has 1 aliphatic rings. The molecule has 1 aromatic heterocycles. The van der Waals surface area contributed by atoms with Crippen LogP contribution in [0, 0.1) is 5.82 Å². The van der Waals surface area contributed by atoms with E-state index in [0.29, 0.717) is 30.8 Å². The molecule has 4 rings (SSSR count). The molecule has 5 heteroatoms. The van der Waals surface area contributed by atoms with Crippen LogP contribution in [-0.4, -0.2) is 35.5 Å². The minimum absolute atomic E-state index is 0.0803. The molecule has 0 N–H and O–H groups in total. The van der Waals surface area contributed by atoms with Gasteiger partial charge in [-0.15, -0.1) is 0 Å². The number of pyridine rings is 1. The van der Waals surface area contributed by atoms with Crippen molar-refractivity contribution in [2.24, 2.45) is 0 Å². The number of halogens is 1. The summed E-state index contributed by atoms with van der Waals surface area (Å²) in [6.07, 6.45) is 1.26. The van der Waals surface area contributed by atoms with E-state index in [0.717, 1.165) is 10.9 Å². The van der Waals surface area contributed by atoms with Crippen molar-refractivity contribution in [1.29, 1.82) is 0 Å². The number of morpholine rings is 1. The standard InChI is InChI=1S/C20H17FN2O2/c21-17-8-2-1-5-16(17)19-13-23(11-12-25-19)20(24)15-6-3-9-18-14(15)7-4-10-22-18/h1-10,19H,11-13H2/t19-/m0/s1. The first-order valence-corrected chi connectivity index (χ1v) is 8.23. The van der Waals surface area contributed by atoms with Crippen LogP contribution in [0.4, 0.5) is 4.39 Å². The van der Waals surface area contributed by atoms with Crippen LogP contribution in [0.1, 0.15) is 22.0 Å². The lowest BCUT2D eigenvalue weighted by Gasteiger charge is -2.33. The van der Waals surface area contributed by atoms with E-state index in [4.69, 9.17) is 4.74 Å². The molecule has 0 aliphatic carbocycles. The molecule has 1 amide bonds. The molecule has 4 nitrogen and oxygen atoms in total. The van der Waals surface area contributed by atoms with Gasteiger partial charge in [0.05, 0.1) is 18.7 Å². The highest BCUT2D eigenvalue weighted by Gasteiger charge is 2.28. The molecule has 1 atom stereocenters. The second-order valence-corrected chi connectivity index (χ2v) is 6.01. The molecule has 0 spiro atoms. The lowest BCUT2D eigenvalue weighted by molar-refractivity contribution is -0.0242. The van der Waals surface area contributed by atoms with Crippen molar-refractivity contribution in [3.63, 3.8) is 0 Å². The number of aromatic nitrogens is 1. The van der Waals surface area contributed by atoms with Gasteiger partial charge in [0.25, 0.3) is 5.91 Å². The Balaban J connectivity index is 1.63. The lowest BCUT2D eigenvalue weighted by atomic mass is 10.0. The Labute approximate surface area is 144 Å². The average Bonchev–Trinajstić information content (AvgIpc) is 2.67. The number of hydrogen-bond donors (Lipinski definition) is 0. The monoisotopic (exact) mass is 336 g/mol. The zero-order valence-electron chi connectivity index (χ0n) is 13.6. The van der Waals surface area contributed by atoms with Crippen LogP contribution in [0.15, 0.2) is 60.8 Å². The Bertz CT molecular complexity index is 923. The predicted octanol–water partition coefficient (Wildman–Crippen LogP) is 3.59. The van der Waals surface area contributed by atoms with Crippen LogP contribution in [0.3, 0.4) is 0 Å². The number of nitrogens with zero attached hydrogens (tertiary/aromatic N) is 2. The van der Waals surface area contributed by atoms with Gasteiger partial charge in [-0.25, -0.2) is 4.39 Å². The minimum Gasteiger partial charge on any atom is -0.370 e. The Morgan fingerprint density at radius 2 is 2.00 bits per heavy atom. The van der Waals surface area contributed by atoms with Crippen molar-refractivity contribution >= 4 is 16.8 Å². The largest absolute Gasteiger partial charge is 0.370 e. The smallest absolute Gasteiger partial charge is 0.254 e. The summed E-state index contributed by atoms with van der Waals surface area (Å²) in [5, 5.41) is 0.823. The zero-order chi connectivity index (χ0) is 17.2. The highest BCUT2D eigenvalue weighted by atomic mass is 19.1. The van der Waals surface area contributed by atoms with E-state index in [1.165, 1.54) is 6.07 Å². The molecule has 2 aromatic carbocycles. The quantitative estimate of drug-likeness (QED) is 0.718. The van der Waals surface area contributed by atoms with Crippen molar-refractivity contribution in [2.45, 2.75) is 6.10 Å². The molecular formula is C20H17FN2O2. The molecule has 1 saturated heterocycles. The Kier molecular flexibility index (Phi) is 4.15. The van der Waals surface area contributed by atoms with Crippen molar-refractivity contribution in [1.82, 2.24) is 9.88 Å². The minimum atomic E-state index is -0.452. The van der Waals surface area contributed by atoms with E-state index in [1.807, 2.05) is 24.3 Å². The highest BCUT2D eigenvalue weighted by molar-refractivity contribution is 6.06. The number of ether oxygens (including phenoxy) is 1. The van der Waals surface area contributed by atoms with Gasteiger partial charge in [-0.3, -0.25) is 9.78 Å². The summed E-state index contributed by atoms with van der Waals surface area (Å²) in [6, 6.07) is 15.8. The number of carbonyl (C=O) groups excluding carboxylic acids is 1. The van der Waals surface area contributed by atoms with Crippen molar-refractivity contribution < 1.29 is 13.9 Å². The average molecular weight is 336 g/mol. The van der Waals surface area contributed by atoms with Crippen molar-refractivity contribution in [3.8, 4) is 0 Å². The third kappa shape index (κ3) is 2.98. The maximum absolute atomic E-state index is 14.0.